The second-order valence-electron chi connectivity index (χ2n) is 7.74. The molecule has 0 atom stereocenters. The summed E-state index contributed by atoms with van der Waals surface area (Å²) in [4.78, 5) is 7.40. The quantitative estimate of drug-likeness (QED) is 0.599. The van der Waals surface area contributed by atoms with Crippen LogP contribution in [0.25, 0.3) is 0 Å². The lowest BCUT2D eigenvalue weighted by Gasteiger charge is -2.27. The number of aliphatic hydroxyl groups excluding tert-OH is 1. The van der Waals surface area contributed by atoms with E-state index in [0.29, 0.717) is 13.2 Å². The minimum Gasteiger partial charge on any atom is -0.394 e. The van der Waals surface area contributed by atoms with E-state index in [9.17, 15) is 0 Å². The lowest BCUT2D eigenvalue weighted by Crippen LogP contribution is -2.40. The predicted molar refractivity (Wildman–Crippen MR) is 122 cm³/mol. The molecule has 0 saturated carbocycles. The van der Waals surface area contributed by atoms with Crippen LogP contribution in [-0.4, -0.2) is 118 Å². The Morgan fingerprint density at radius 3 is 2.33 bits per heavy atom. The molecule has 2 rings (SSSR count). The van der Waals surface area contributed by atoms with Gasteiger partial charge in [0.25, 0.3) is 0 Å². The zero-order valence-corrected chi connectivity index (χ0v) is 18.8. The summed E-state index contributed by atoms with van der Waals surface area (Å²) in [6, 6.07) is 10.7. The van der Waals surface area contributed by atoms with Gasteiger partial charge >= 0.3 is 0 Å². The van der Waals surface area contributed by atoms with Crippen molar-refractivity contribution in [2.75, 3.05) is 98.5 Å². The summed E-state index contributed by atoms with van der Waals surface area (Å²) in [5, 5.41) is 12.5. The van der Waals surface area contributed by atoms with Crippen molar-refractivity contribution < 1.29 is 14.6 Å². The van der Waals surface area contributed by atoms with Crippen molar-refractivity contribution in [1.29, 1.82) is 0 Å². The molecule has 0 spiro atoms. The van der Waals surface area contributed by atoms with Gasteiger partial charge in [-0.3, -0.25) is 9.80 Å². The molecule has 1 heterocycles. The van der Waals surface area contributed by atoms with E-state index in [-0.39, 0.29) is 6.61 Å². The second-order valence-corrected chi connectivity index (χ2v) is 7.74. The van der Waals surface area contributed by atoms with Crippen molar-refractivity contribution in [3.63, 3.8) is 0 Å². The molecule has 172 valence electrons. The fourth-order valence-corrected chi connectivity index (χ4v) is 3.61. The zero-order valence-electron chi connectivity index (χ0n) is 18.8. The van der Waals surface area contributed by atoms with E-state index in [2.05, 4.69) is 57.3 Å². The summed E-state index contributed by atoms with van der Waals surface area (Å²) >= 11 is 0. The molecule has 0 radical (unpaired) electrons. The summed E-state index contributed by atoms with van der Waals surface area (Å²) in [5.74, 6) is 0. The van der Waals surface area contributed by atoms with Crippen LogP contribution in [0.5, 0.6) is 0 Å². The molecule has 7 heteroatoms. The summed E-state index contributed by atoms with van der Waals surface area (Å²) in [7, 11) is 0. The first-order chi connectivity index (χ1) is 14.8. The van der Waals surface area contributed by atoms with Crippen molar-refractivity contribution in [3.05, 3.63) is 35.9 Å². The van der Waals surface area contributed by atoms with E-state index in [1.165, 1.54) is 5.56 Å². The second kappa shape index (κ2) is 16.6. The van der Waals surface area contributed by atoms with E-state index in [1.54, 1.807) is 0 Å². The van der Waals surface area contributed by atoms with Gasteiger partial charge in [-0.1, -0.05) is 37.3 Å². The molecule has 2 N–H and O–H groups in total. The van der Waals surface area contributed by atoms with Crippen molar-refractivity contribution in [2.45, 2.75) is 13.5 Å². The first kappa shape index (κ1) is 25.2. The molecule has 0 amide bonds. The Hall–Kier alpha value is -1.06. The summed E-state index contributed by atoms with van der Waals surface area (Å²) < 4.78 is 11.4. The van der Waals surface area contributed by atoms with Crippen LogP contribution in [0.1, 0.15) is 12.5 Å². The van der Waals surface area contributed by atoms with E-state index >= 15 is 0 Å². The molecular weight excluding hydrogens is 380 g/mol. The Balaban J connectivity index is 1.86. The van der Waals surface area contributed by atoms with Crippen LogP contribution in [0.2, 0.25) is 0 Å². The van der Waals surface area contributed by atoms with Crippen LogP contribution < -0.4 is 5.32 Å². The predicted octanol–water partition coefficient (Wildman–Crippen LogP) is 0.741. The number of hydrogen-bond acceptors (Lipinski definition) is 7. The number of nitrogens with zero attached hydrogens (tertiary/aromatic N) is 3. The third kappa shape index (κ3) is 11.4. The Bertz CT molecular complexity index is 520. The third-order valence-corrected chi connectivity index (χ3v) is 5.53. The highest BCUT2D eigenvalue weighted by Gasteiger charge is 2.11. The minimum atomic E-state index is 0.0814. The maximum Gasteiger partial charge on any atom is 0.0698 e. The molecule has 30 heavy (non-hydrogen) atoms. The van der Waals surface area contributed by atoms with Gasteiger partial charge in [-0.15, -0.1) is 0 Å². The molecule has 0 bridgehead atoms. The van der Waals surface area contributed by atoms with Crippen LogP contribution in [-0.2, 0) is 16.0 Å². The monoisotopic (exact) mass is 422 g/mol. The third-order valence-electron chi connectivity index (χ3n) is 5.53. The zero-order chi connectivity index (χ0) is 21.3. The van der Waals surface area contributed by atoms with Crippen LogP contribution in [0.4, 0.5) is 0 Å². The normalized spacial score (nSPS) is 19.9. The number of aliphatic hydroxyl groups is 1. The van der Waals surface area contributed by atoms with Gasteiger partial charge in [0.15, 0.2) is 0 Å². The molecule has 1 aromatic carbocycles. The van der Waals surface area contributed by atoms with Crippen molar-refractivity contribution in [2.24, 2.45) is 0 Å². The highest BCUT2D eigenvalue weighted by Crippen LogP contribution is 2.05. The van der Waals surface area contributed by atoms with Gasteiger partial charge in [-0.25, -0.2) is 0 Å². The minimum absolute atomic E-state index is 0.0814. The van der Waals surface area contributed by atoms with E-state index < -0.39 is 0 Å². The molecule has 1 aliphatic rings. The van der Waals surface area contributed by atoms with Crippen LogP contribution in [0, 0.1) is 0 Å². The summed E-state index contributed by atoms with van der Waals surface area (Å²) in [6.07, 6.45) is 0. The molecule has 1 aromatic rings. The van der Waals surface area contributed by atoms with Gasteiger partial charge in [-0.2, -0.15) is 0 Å². The SMILES string of the molecule is CCN1CCOCCN(CCOCCO)CCNCCN(Cc2ccccc2)CC1. The van der Waals surface area contributed by atoms with Crippen LogP contribution >= 0.6 is 0 Å². The highest BCUT2D eigenvalue weighted by molar-refractivity contribution is 5.14. The maximum absolute atomic E-state index is 8.86. The summed E-state index contributed by atoms with van der Waals surface area (Å²) in [5.41, 5.74) is 1.37. The maximum atomic E-state index is 8.86. The number of nitrogens with one attached hydrogen (secondary N) is 1. The summed E-state index contributed by atoms with van der Waals surface area (Å²) in [6.45, 7) is 15.8. The van der Waals surface area contributed by atoms with Crippen molar-refractivity contribution >= 4 is 0 Å². The van der Waals surface area contributed by atoms with Gasteiger partial charge < -0.3 is 24.8 Å². The largest absolute Gasteiger partial charge is 0.394 e. The van der Waals surface area contributed by atoms with E-state index in [1.807, 2.05) is 0 Å². The Morgan fingerprint density at radius 1 is 0.900 bits per heavy atom. The topological polar surface area (TPSA) is 60.4 Å². The number of ether oxygens (including phenoxy) is 2. The van der Waals surface area contributed by atoms with E-state index in [4.69, 9.17) is 14.6 Å². The molecule has 0 aliphatic carbocycles. The number of likely N-dealkylation sites (N-methyl/N-ethyl adjacent to an activating group) is 1. The first-order valence-corrected chi connectivity index (χ1v) is 11.5. The van der Waals surface area contributed by atoms with Gasteiger partial charge in [0, 0.05) is 65.4 Å². The number of hydrogen-bond donors (Lipinski definition) is 2. The van der Waals surface area contributed by atoms with Gasteiger partial charge in [0.2, 0.25) is 0 Å². The van der Waals surface area contributed by atoms with Crippen molar-refractivity contribution in [1.82, 2.24) is 20.0 Å². The molecule has 1 aliphatic heterocycles. The molecular formula is C23H42N4O3. The lowest BCUT2D eigenvalue weighted by molar-refractivity contribution is 0.0548. The lowest BCUT2D eigenvalue weighted by atomic mass is 10.2. The van der Waals surface area contributed by atoms with Gasteiger partial charge in [-0.05, 0) is 12.1 Å². The average Bonchev–Trinajstić information content (AvgIpc) is 2.78. The first-order valence-electron chi connectivity index (χ1n) is 11.5. The Morgan fingerprint density at radius 2 is 1.60 bits per heavy atom. The smallest absolute Gasteiger partial charge is 0.0698 e. The fraction of sp³-hybridized carbons (Fsp3) is 0.739. The standard InChI is InChI=1S/C23H42N4O3/c1-2-25-12-13-27(22-23-6-4-3-5-7-23)11-9-24-8-10-26(15-19-29-18-14-25)16-20-30-21-17-28/h3-7,24,28H,2,8-22H2,1H3. The fourth-order valence-electron chi connectivity index (χ4n) is 3.61. The Kier molecular flexibility index (Phi) is 14.0. The Labute approximate surface area is 182 Å². The van der Waals surface area contributed by atoms with E-state index in [0.717, 1.165) is 85.2 Å². The number of rotatable bonds is 8. The highest BCUT2D eigenvalue weighted by atomic mass is 16.5. The van der Waals surface area contributed by atoms with Gasteiger partial charge in [0.1, 0.15) is 0 Å². The number of benzene rings is 1. The molecule has 0 unspecified atom stereocenters. The van der Waals surface area contributed by atoms with Gasteiger partial charge in [0.05, 0.1) is 33.0 Å². The molecule has 1 fully saturated rings. The average molecular weight is 423 g/mol. The molecule has 0 aromatic heterocycles. The van der Waals surface area contributed by atoms with Crippen LogP contribution in [0.3, 0.4) is 0 Å². The molecule has 7 nitrogen and oxygen atoms in total. The van der Waals surface area contributed by atoms with Crippen LogP contribution in [0.15, 0.2) is 30.3 Å². The van der Waals surface area contributed by atoms with Crippen molar-refractivity contribution in [3.8, 4) is 0 Å². The molecule has 1 saturated heterocycles.